The Morgan fingerprint density at radius 1 is 1.22 bits per heavy atom. The molecule has 18 heavy (non-hydrogen) atoms. The summed E-state index contributed by atoms with van der Waals surface area (Å²) in [7, 11) is 0. The Kier molecular flexibility index (Phi) is 2.74. The van der Waals surface area contributed by atoms with Gasteiger partial charge in [-0.3, -0.25) is 4.79 Å². The Hall–Kier alpha value is -1.55. The van der Waals surface area contributed by atoms with Gasteiger partial charge in [0, 0.05) is 12.8 Å². The number of hydrogen-bond acceptors (Lipinski definition) is 4. The smallest absolute Gasteiger partial charge is 0.231 e. The molecule has 1 aliphatic carbocycles. The van der Waals surface area contributed by atoms with Gasteiger partial charge in [0.25, 0.3) is 0 Å². The van der Waals surface area contributed by atoms with Gasteiger partial charge in [0.05, 0.1) is 0 Å². The van der Waals surface area contributed by atoms with Gasteiger partial charge < -0.3 is 14.6 Å². The summed E-state index contributed by atoms with van der Waals surface area (Å²) in [4.78, 5) is 11.8. The number of carbonyl (C=O) groups is 1. The van der Waals surface area contributed by atoms with Crippen molar-refractivity contribution in [2.75, 3.05) is 6.79 Å². The van der Waals surface area contributed by atoms with Crippen molar-refractivity contribution in [3.8, 4) is 11.5 Å². The summed E-state index contributed by atoms with van der Waals surface area (Å²) in [5.41, 5.74) is -0.275. The Morgan fingerprint density at radius 2 is 2.06 bits per heavy atom. The Morgan fingerprint density at radius 3 is 2.89 bits per heavy atom. The van der Waals surface area contributed by atoms with Crippen molar-refractivity contribution < 1.29 is 19.4 Å². The second-order valence-electron chi connectivity index (χ2n) is 5.03. The van der Waals surface area contributed by atoms with Gasteiger partial charge in [0.1, 0.15) is 5.60 Å². The first-order valence-electron chi connectivity index (χ1n) is 6.32. The van der Waals surface area contributed by atoms with E-state index in [4.69, 9.17) is 9.47 Å². The van der Waals surface area contributed by atoms with Crippen molar-refractivity contribution >= 4 is 5.78 Å². The lowest BCUT2D eigenvalue weighted by atomic mass is 9.79. The van der Waals surface area contributed by atoms with Crippen molar-refractivity contribution in [1.82, 2.24) is 0 Å². The molecule has 1 atom stereocenters. The number of rotatable bonds is 2. The van der Waals surface area contributed by atoms with Crippen molar-refractivity contribution in [2.24, 2.45) is 0 Å². The summed E-state index contributed by atoms with van der Waals surface area (Å²) in [5.74, 6) is 1.38. The van der Waals surface area contributed by atoms with Crippen LogP contribution in [0.5, 0.6) is 11.5 Å². The molecule has 3 rings (SSSR count). The molecule has 4 nitrogen and oxygen atoms in total. The topological polar surface area (TPSA) is 55.8 Å². The van der Waals surface area contributed by atoms with E-state index >= 15 is 0 Å². The third-order valence-corrected chi connectivity index (χ3v) is 3.70. The van der Waals surface area contributed by atoms with E-state index in [-0.39, 0.29) is 12.6 Å². The molecule has 1 N–H and O–H groups in total. The molecular formula is C14H16O4. The van der Waals surface area contributed by atoms with Crippen LogP contribution in [0.3, 0.4) is 0 Å². The minimum absolute atomic E-state index is 0.0357. The molecule has 2 aliphatic rings. The fourth-order valence-electron chi connectivity index (χ4n) is 2.65. The summed E-state index contributed by atoms with van der Waals surface area (Å²) in [6, 6.07) is 5.56. The third kappa shape index (κ3) is 1.97. The van der Waals surface area contributed by atoms with Crippen LogP contribution < -0.4 is 9.47 Å². The predicted molar refractivity (Wildman–Crippen MR) is 64.7 cm³/mol. The number of aliphatic hydroxyl groups is 1. The average molecular weight is 248 g/mol. The van der Waals surface area contributed by atoms with Crippen LogP contribution in [0, 0.1) is 0 Å². The van der Waals surface area contributed by atoms with Crippen LogP contribution in [0.1, 0.15) is 31.2 Å². The van der Waals surface area contributed by atoms with Crippen LogP contribution in [0.2, 0.25) is 0 Å². The van der Waals surface area contributed by atoms with E-state index < -0.39 is 5.60 Å². The van der Waals surface area contributed by atoms with Crippen LogP contribution >= 0.6 is 0 Å². The zero-order valence-corrected chi connectivity index (χ0v) is 10.1. The van der Waals surface area contributed by atoms with Crippen LogP contribution in [0.4, 0.5) is 0 Å². The monoisotopic (exact) mass is 248 g/mol. The summed E-state index contributed by atoms with van der Waals surface area (Å²) >= 11 is 0. The van der Waals surface area contributed by atoms with Crippen molar-refractivity contribution in [3.05, 3.63) is 23.8 Å². The third-order valence-electron chi connectivity index (χ3n) is 3.70. The minimum atomic E-state index is -1.19. The summed E-state index contributed by atoms with van der Waals surface area (Å²) in [6.45, 7) is 0.238. The summed E-state index contributed by atoms with van der Waals surface area (Å²) in [5, 5.41) is 10.4. The highest BCUT2D eigenvalue weighted by Crippen LogP contribution is 2.35. The van der Waals surface area contributed by atoms with Crippen molar-refractivity contribution in [3.63, 3.8) is 0 Å². The SMILES string of the molecule is O=C1CCCCC1(O)Cc1ccc2c(c1)OCO2. The molecule has 0 bridgehead atoms. The van der Waals surface area contributed by atoms with Crippen LogP contribution in [0.25, 0.3) is 0 Å². The molecule has 4 heteroatoms. The predicted octanol–water partition coefficient (Wildman–Crippen LogP) is 1.83. The van der Waals surface area contributed by atoms with Gasteiger partial charge >= 0.3 is 0 Å². The number of ether oxygens (including phenoxy) is 2. The molecule has 1 saturated carbocycles. The van der Waals surface area contributed by atoms with E-state index in [9.17, 15) is 9.90 Å². The van der Waals surface area contributed by atoms with E-state index in [1.54, 1.807) is 0 Å². The quantitative estimate of drug-likeness (QED) is 0.867. The number of hydrogen-bond donors (Lipinski definition) is 1. The molecule has 1 unspecified atom stereocenters. The van der Waals surface area contributed by atoms with Crippen LogP contribution in [-0.2, 0) is 11.2 Å². The van der Waals surface area contributed by atoms with Gasteiger partial charge in [-0.1, -0.05) is 6.07 Å². The van der Waals surface area contributed by atoms with E-state index in [1.807, 2.05) is 18.2 Å². The fraction of sp³-hybridized carbons (Fsp3) is 0.500. The van der Waals surface area contributed by atoms with Gasteiger partial charge in [-0.25, -0.2) is 0 Å². The number of carbonyl (C=O) groups excluding carboxylic acids is 1. The van der Waals surface area contributed by atoms with Gasteiger partial charge in [0.15, 0.2) is 17.3 Å². The van der Waals surface area contributed by atoms with E-state index in [2.05, 4.69) is 0 Å². The standard InChI is InChI=1S/C14H16O4/c15-13-3-1-2-6-14(13,16)8-10-4-5-11-12(7-10)18-9-17-11/h4-5,7,16H,1-3,6,8-9H2. The highest BCUT2D eigenvalue weighted by Gasteiger charge is 2.37. The summed E-state index contributed by atoms with van der Waals surface area (Å²) in [6.07, 6.45) is 3.21. The highest BCUT2D eigenvalue weighted by atomic mass is 16.7. The van der Waals surface area contributed by atoms with E-state index in [0.29, 0.717) is 25.0 Å². The Bertz CT molecular complexity index is 483. The van der Waals surface area contributed by atoms with Crippen molar-refractivity contribution in [1.29, 1.82) is 0 Å². The maximum Gasteiger partial charge on any atom is 0.231 e. The second kappa shape index (κ2) is 4.28. The summed E-state index contributed by atoms with van der Waals surface area (Å²) < 4.78 is 10.5. The van der Waals surface area contributed by atoms with Gasteiger partial charge in [-0.05, 0) is 37.0 Å². The first kappa shape index (κ1) is 11.5. The fourth-order valence-corrected chi connectivity index (χ4v) is 2.65. The second-order valence-corrected chi connectivity index (χ2v) is 5.03. The maximum absolute atomic E-state index is 11.8. The molecule has 0 aromatic heterocycles. The molecule has 0 amide bonds. The molecule has 1 fully saturated rings. The van der Waals surface area contributed by atoms with Gasteiger partial charge in [-0.2, -0.15) is 0 Å². The first-order valence-corrected chi connectivity index (χ1v) is 6.32. The average Bonchev–Trinajstić information content (AvgIpc) is 2.80. The van der Waals surface area contributed by atoms with E-state index in [0.717, 1.165) is 24.2 Å². The highest BCUT2D eigenvalue weighted by molar-refractivity contribution is 5.88. The van der Waals surface area contributed by atoms with E-state index in [1.165, 1.54) is 0 Å². The molecular weight excluding hydrogens is 232 g/mol. The molecule has 1 aromatic rings. The van der Waals surface area contributed by atoms with Crippen molar-refractivity contribution in [2.45, 2.75) is 37.7 Å². The number of fused-ring (bicyclic) bond motifs is 1. The van der Waals surface area contributed by atoms with Gasteiger partial charge in [-0.15, -0.1) is 0 Å². The Balaban J connectivity index is 1.81. The molecule has 96 valence electrons. The lowest BCUT2D eigenvalue weighted by Crippen LogP contribution is -2.43. The largest absolute Gasteiger partial charge is 0.454 e. The minimum Gasteiger partial charge on any atom is -0.454 e. The molecule has 0 spiro atoms. The van der Waals surface area contributed by atoms with Crippen LogP contribution in [-0.4, -0.2) is 23.3 Å². The molecule has 0 radical (unpaired) electrons. The zero-order valence-electron chi connectivity index (χ0n) is 10.1. The molecule has 1 aromatic carbocycles. The van der Waals surface area contributed by atoms with Gasteiger partial charge in [0.2, 0.25) is 6.79 Å². The molecule has 1 aliphatic heterocycles. The number of Topliss-reactive ketones (excluding diaryl/α,β-unsaturated/α-hetero) is 1. The molecule has 0 saturated heterocycles. The Labute approximate surface area is 106 Å². The molecule has 1 heterocycles. The normalized spacial score (nSPS) is 26.4. The number of ketones is 1. The first-order chi connectivity index (χ1) is 8.67. The lowest BCUT2D eigenvalue weighted by molar-refractivity contribution is -0.140. The lowest BCUT2D eigenvalue weighted by Gasteiger charge is -2.30. The zero-order chi connectivity index (χ0) is 12.6. The maximum atomic E-state index is 11.8. The number of benzene rings is 1. The van der Waals surface area contributed by atoms with Crippen LogP contribution in [0.15, 0.2) is 18.2 Å².